The van der Waals surface area contributed by atoms with Crippen LogP contribution < -0.4 is 4.90 Å². The van der Waals surface area contributed by atoms with Crippen LogP contribution in [-0.2, 0) is 4.74 Å². The van der Waals surface area contributed by atoms with Crippen LogP contribution in [0.3, 0.4) is 0 Å². The van der Waals surface area contributed by atoms with Crippen molar-refractivity contribution in [2.24, 2.45) is 0 Å². The van der Waals surface area contributed by atoms with E-state index in [2.05, 4.69) is 17.0 Å². The molecule has 0 bridgehead atoms. The Morgan fingerprint density at radius 3 is 2.59 bits per heavy atom. The molecule has 1 atom stereocenters. The maximum Gasteiger partial charge on any atom is 0.0712 e. The molecule has 0 amide bonds. The summed E-state index contributed by atoms with van der Waals surface area (Å²) in [6.45, 7) is 4.35. The number of benzene rings is 1. The number of aliphatic hydroxyl groups excluding tert-OH is 1. The number of anilines is 1. The van der Waals surface area contributed by atoms with Gasteiger partial charge >= 0.3 is 0 Å². The summed E-state index contributed by atoms with van der Waals surface area (Å²) >= 11 is 0. The monoisotopic (exact) mass is 237 g/mol. The number of hydrogen-bond donors (Lipinski definition) is 1. The number of ether oxygens (including phenoxy) is 1. The Morgan fingerprint density at radius 2 is 2.00 bits per heavy atom. The Hall–Kier alpha value is -1.06. The first-order chi connectivity index (χ1) is 8.27. The Kier molecular flexibility index (Phi) is 6.67. The highest BCUT2D eigenvalue weighted by atomic mass is 16.5. The molecule has 0 fully saturated rings. The van der Waals surface area contributed by atoms with Gasteiger partial charge in [0.25, 0.3) is 0 Å². The van der Waals surface area contributed by atoms with Gasteiger partial charge in [0.1, 0.15) is 0 Å². The summed E-state index contributed by atoms with van der Waals surface area (Å²) in [6.07, 6.45) is 1.49. The Bertz CT molecular complexity index is 290. The fourth-order valence-corrected chi connectivity index (χ4v) is 1.75. The topological polar surface area (TPSA) is 32.7 Å². The lowest BCUT2D eigenvalue weighted by Gasteiger charge is -2.27. The van der Waals surface area contributed by atoms with Crippen LogP contribution >= 0.6 is 0 Å². The standard InChI is InChI=1S/C14H23NO2/c1-3-14(16)12-15(10-7-11-17-2)13-8-5-4-6-9-13/h4-6,8-9,14,16H,3,7,10-12H2,1-2H3. The van der Waals surface area contributed by atoms with Gasteiger partial charge in [0.15, 0.2) is 0 Å². The summed E-state index contributed by atoms with van der Waals surface area (Å²) in [5, 5.41) is 9.77. The molecule has 1 rings (SSSR count). The van der Waals surface area contributed by atoms with Crippen molar-refractivity contribution in [3.8, 4) is 0 Å². The van der Waals surface area contributed by atoms with Gasteiger partial charge in [-0.3, -0.25) is 0 Å². The van der Waals surface area contributed by atoms with E-state index < -0.39 is 0 Å². The fraction of sp³-hybridized carbons (Fsp3) is 0.571. The normalized spacial score (nSPS) is 12.4. The summed E-state index contributed by atoms with van der Waals surface area (Å²) in [5.41, 5.74) is 1.16. The molecular weight excluding hydrogens is 214 g/mol. The number of para-hydroxylation sites is 1. The number of hydrogen-bond acceptors (Lipinski definition) is 3. The molecular formula is C14H23NO2. The van der Waals surface area contributed by atoms with Crippen molar-refractivity contribution in [3.05, 3.63) is 30.3 Å². The van der Waals surface area contributed by atoms with Gasteiger partial charge in [0.2, 0.25) is 0 Å². The zero-order chi connectivity index (χ0) is 12.5. The van der Waals surface area contributed by atoms with Gasteiger partial charge in [-0.25, -0.2) is 0 Å². The first kappa shape index (κ1) is 14.0. The summed E-state index contributed by atoms with van der Waals surface area (Å²) < 4.78 is 5.07. The third-order valence-corrected chi connectivity index (χ3v) is 2.80. The first-order valence-electron chi connectivity index (χ1n) is 6.25. The molecule has 1 unspecified atom stereocenters. The van der Waals surface area contributed by atoms with E-state index in [9.17, 15) is 5.11 Å². The van der Waals surface area contributed by atoms with Gasteiger partial charge < -0.3 is 14.7 Å². The van der Waals surface area contributed by atoms with Crippen LogP contribution in [0, 0.1) is 0 Å². The van der Waals surface area contributed by atoms with Crippen molar-refractivity contribution in [2.45, 2.75) is 25.9 Å². The molecule has 1 N–H and O–H groups in total. The minimum Gasteiger partial charge on any atom is -0.391 e. The zero-order valence-corrected chi connectivity index (χ0v) is 10.8. The molecule has 96 valence electrons. The predicted octanol–water partition coefficient (Wildman–Crippen LogP) is 2.30. The highest BCUT2D eigenvalue weighted by molar-refractivity contribution is 5.45. The van der Waals surface area contributed by atoms with E-state index >= 15 is 0 Å². The molecule has 17 heavy (non-hydrogen) atoms. The molecule has 0 spiro atoms. The Balaban J connectivity index is 2.58. The van der Waals surface area contributed by atoms with Gasteiger partial charge in [-0.05, 0) is 25.0 Å². The van der Waals surface area contributed by atoms with E-state index in [1.165, 1.54) is 0 Å². The fourth-order valence-electron chi connectivity index (χ4n) is 1.75. The Labute approximate surface area is 104 Å². The molecule has 0 radical (unpaired) electrons. The van der Waals surface area contributed by atoms with E-state index in [4.69, 9.17) is 4.74 Å². The second kappa shape index (κ2) is 8.09. The van der Waals surface area contributed by atoms with Gasteiger partial charge in [-0.15, -0.1) is 0 Å². The average molecular weight is 237 g/mol. The maximum atomic E-state index is 9.77. The summed E-state index contributed by atoms with van der Waals surface area (Å²) in [5.74, 6) is 0. The lowest BCUT2D eigenvalue weighted by atomic mass is 10.2. The van der Waals surface area contributed by atoms with Crippen LogP contribution in [0.2, 0.25) is 0 Å². The van der Waals surface area contributed by atoms with Crippen molar-refractivity contribution < 1.29 is 9.84 Å². The molecule has 1 aromatic rings. The minimum absolute atomic E-state index is 0.266. The lowest BCUT2D eigenvalue weighted by Crippen LogP contribution is -2.33. The minimum atomic E-state index is -0.266. The molecule has 0 aliphatic rings. The SMILES string of the molecule is CCC(O)CN(CCCOC)c1ccccc1. The molecule has 0 aliphatic carbocycles. The van der Waals surface area contributed by atoms with Gasteiger partial charge in [-0.1, -0.05) is 25.1 Å². The van der Waals surface area contributed by atoms with Crippen molar-refractivity contribution in [1.82, 2.24) is 0 Å². The largest absolute Gasteiger partial charge is 0.391 e. The first-order valence-corrected chi connectivity index (χ1v) is 6.25. The molecule has 0 saturated heterocycles. The van der Waals surface area contributed by atoms with Crippen LogP contribution in [0.5, 0.6) is 0 Å². The van der Waals surface area contributed by atoms with Crippen LogP contribution in [-0.4, -0.2) is 38.0 Å². The quantitative estimate of drug-likeness (QED) is 0.704. The molecule has 0 saturated carbocycles. The van der Waals surface area contributed by atoms with Gasteiger partial charge in [0, 0.05) is 32.5 Å². The number of aliphatic hydroxyl groups is 1. The summed E-state index contributed by atoms with van der Waals surface area (Å²) in [7, 11) is 1.72. The summed E-state index contributed by atoms with van der Waals surface area (Å²) in [6, 6.07) is 10.2. The molecule has 1 aromatic carbocycles. The van der Waals surface area contributed by atoms with Gasteiger partial charge in [0.05, 0.1) is 6.10 Å². The van der Waals surface area contributed by atoms with Gasteiger partial charge in [-0.2, -0.15) is 0 Å². The molecule has 0 aliphatic heterocycles. The van der Waals surface area contributed by atoms with Crippen LogP contribution in [0.15, 0.2) is 30.3 Å². The highest BCUT2D eigenvalue weighted by Crippen LogP contribution is 2.14. The molecule has 3 heteroatoms. The third-order valence-electron chi connectivity index (χ3n) is 2.80. The average Bonchev–Trinajstić information content (AvgIpc) is 2.38. The van der Waals surface area contributed by atoms with E-state index in [0.717, 1.165) is 31.7 Å². The van der Waals surface area contributed by atoms with E-state index in [0.29, 0.717) is 6.54 Å². The van der Waals surface area contributed by atoms with E-state index in [1.807, 2.05) is 25.1 Å². The van der Waals surface area contributed by atoms with Crippen molar-refractivity contribution in [2.75, 3.05) is 31.7 Å². The lowest BCUT2D eigenvalue weighted by molar-refractivity contribution is 0.171. The van der Waals surface area contributed by atoms with Crippen molar-refractivity contribution in [3.63, 3.8) is 0 Å². The second-order valence-electron chi connectivity index (χ2n) is 4.19. The number of methoxy groups -OCH3 is 1. The highest BCUT2D eigenvalue weighted by Gasteiger charge is 2.10. The smallest absolute Gasteiger partial charge is 0.0712 e. The number of rotatable bonds is 8. The molecule has 3 nitrogen and oxygen atoms in total. The van der Waals surface area contributed by atoms with E-state index in [-0.39, 0.29) is 6.10 Å². The van der Waals surface area contributed by atoms with Crippen molar-refractivity contribution >= 4 is 5.69 Å². The zero-order valence-electron chi connectivity index (χ0n) is 10.8. The Morgan fingerprint density at radius 1 is 1.29 bits per heavy atom. The van der Waals surface area contributed by atoms with E-state index in [1.54, 1.807) is 7.11 Å². The maximum absolute atomic E-state index is 9.77. The van der Waals surface area contributed by atoms with Crippen LogP contribution in [0.4, 0.5) is 5.69 Å². The molecule has 0 heterocycles. The molecule has 0 aromatic heterocycles. The summed E-state index contributed by atoms with van der Waals surface area (Å²) in [4.78, 5) is 2.22. The predicted molar refractivity (Wildman–Crippen MR) is 71.4 cm³/mol. The number of nitrogens with zero attached hydrogens (tertiary/aromatic N) is 1. The van der Waals surface area contributed by atoms with Crippen LogP contribution in [0.1, 0.15) is 19.8 Å². The third kappa shape index (κ3) is 5.20. The second-order valence-corrected chi connectivity index (χ2v) is 4.19. The van der Waals surface area contributed by atoms with Crippen LogP contribution in [0.25, 0.3) is 0 Å². The van der Waals surface area contributed by atoms with Crippen molar-refractivity contribution in [1.29, 1.82) is 0 Å².